The van der Waals surface area contributed by atoms with Crippen LogP contribution in [-0.2, 0) is 4.79 Å². The Balaban J connectivity index is 1.51. The number of aliphatic hydroxyl groups is 1. The Morgan fingerprint density at radius 2 is 1.71 bits per heavy atom. The molecular formula is C27H29FN2O5. The molecule has 3 aromatic rings. The molecule has 2 atom stereocenters. The lowest BCUT2D eigenvalue weighted by Crippen LogP contribution is -2.39. The quantitative estimate of drug-likeness (QED) is 0.208. The van der Waals surface area contributed by atoms with Crippen LogP contribution in [0.1, 0.15) is 18.1 Å². The lowest BCUT2D eigenvalue weighted by molar-refractivity contribution is -0.112. The van der Waals surface area contributed by atoms with Crippen molar-refractivity contribution in [2.24, 2.45) is 5.73 Å². The van der Waals surface area contributed by atoms with Crippen molar-refractivity contribution < 1.29 is 28.5 Å². The van der Waals surface area contributed by atoms with E-state index < -0.39 is 12.0 Å². The Morgan fingerprint density at radius 3 is 2.34 bits per heavy atom. The van der Waals surface area contributed by atoms with Crippen LogP contribution in [0.15, 0.2) is 72.8 Å². The number of carbonyl (C=O) groups excluding carboxylic acids is 1. The molecule has 0 radical (unpaired) electrons. The molecule has 3 aromatic carbocycles. The van der Waals surface area contributed by atoms with E-state index in [1.54, 1.807) is 61.7 Å². The van der Waals surface area contributed by atoms with Crippen LogP contribution in [0.5, 0.6) is 17.2 Å². The van der Waals surface area contributed by atoms with Crippen molar-refractivity contribution in [1.29, 1.82) is 0 Å². The Kier molecular flexibility index (Phi) is 9.23. The van der Waals surface area contributed by atoms with E-state index in [9.17, 15) is 14.3 Å². The third kappa shape index (κ3) is 7.84. The van der Waals surface area contributed by atoms with Gasteiger partial charge in [0, 0.05) is 12.1 Å². The van der Waals surface area contributed by atoms with Gasteiger partial charge in [0.25, 0.3) is 0 Å². The van der Waals surface area contributed by atoms with Gasteiger partial charge in [0.05, 0.1) is 7.11 Å². The Morgan fingerprint density at radius 1 is 1.06 bits per heavy atom. The summed E-state index contributed by atoms with van der Waals surface area (Å²) in [6, 6.07) is 19.8. The smallest absolute Gasteiger partial charge is 0.249 e. The van der Waals surface area contributed by atoms with Crippen molar-refractivity contribution in [2.45, 2.75) is 19.3 Å². The summed E-state index contributed by atoms with van der Waals surface area (Å²) in [4.78, 5) is 11.9. The molecule has 0 heterocycles. The molecule has 0 aliphatic carbocycles. The highest BCUT2D eigenvalue weighted by Crippen LogP contribution is 2.26. The van der Waals surface area contributed by atoms with Crippen LogP contribution in [0.2, 0.25) is 0 Å². The van der Waals surface area contributed by atoms with E-state index in [1.807, 2.05) is 19.1 Å². The van der Waals surface area contributed by atoms with E-state index in [4.69, 9.17) is 19.9 Å². The van der Waals surface area contributed by atoms with Gasteiger partial charge >= 0.3 is 0 Å². The van der Waals surface area contributed by atoms with E-state index in [2.05, 4.69) is 5.32 Å². The minimum atomic E-state index is -0.780. The highest BCUT2D eigenvalue weighted by molar-refractivity contribution is 6.23. The van der Waals surface area contributed by atoms with Crippen molar-refractivity contribution in [3.05, 3.63) is 89.7 Å². The van der Waals surface area contributed by atoms with Gasteiger partial charge in [-0.25, -0.2) is 4.39 Å². The lowest BCUT2D eigenvalue weighted by atomic mass is 10.0. The Labute approximate surface area is 203 Å². The molecule has 184 valence electrons. The number of amides is 1. The first-order chi connectivity index (χ1) is 16.9. The summed E-state index contributed by atoms with van der Waals surface area (Å²) in [7, 11) is 1.57. The van der Waals surface area contributed by atoms with Gasteiger partial charge in [-0.15, -0.1) is 0 Å². The number of hydrogen-bond donors (Lipinski definition) is 3. The number of methoxy groups -OCH3 is 1. The molecule has 0 fully saturated rings. The van der Waals surface area contributed by atoms with Gasteiger partial charge in [-0.2, -0.15) is 0 Å². The van der Waals surface area contributed by atoms with E-state index in [0.717, 1.165) is 0 Å². The van der Waals surface area contributed by atoms with Crippen LogP contribution >= 0.6 is 0 Å². The van der Waals surface area contributed by atoms with Gasteiger partial charge in [0.1, 0.15) is 30.5 Å². The van der Waals surface area contributed by atoms with Gasteiger partial charge in [-0.3, -0.25) is 10.1 Å². The Hall–Kier alpha value is -3.88. The number of para-hydroxylation sites is 2. The molecule has 0 aliphatic heterocycles. The highest BCUT2D eigenvalue weighted by Gasteiger charge is 2.12. The zero-order valence-electron chi connectivity index (χ0n) is 19.6. The maximum atomic E-state index is 13.1. The first-order valence-electron chi connectivity index (χ1n) is 11.1. The molecule has 0 saturated heterocycles. The maximum Gasteiger partial charge on any atom is 0.249 e. The van der Waals surface area contributed by atoms with Crippen molar-refractivity contribution >= 4 is 17.6 Å². The minimum Gasteiger partial charge on any atom is -0.493 e. The van der Waals surface area contributed by atoms with E-state index in [-0.39, 0.29) is 30.8 Å². The number of carbonyl (C=O) groups is 1. The zero-order valence-corrected chi connectivity index (χ0v) is 19.6. The normalized spacial score (nSPS) is 13.1. The second-order valence-electron chi connectivity index (χ2n) is 7.78. The van der Waals surface area contributed by atoms with Crippen LogP contribution in [-0.4, -0.2) is 43.6 Å². The number of rotatable bonds is 12. The highest BCUT2D eigenvalue weighted by atomic mass is 19.1. The molecule has 0 bridgehead atoms. The maximum absolute atomic E-state index is 13.1. The van der Waals surface area contributed by atoms with Gasteiger partial charge < -0.3 is 25.1 Å². The largest absolute Gasteiger partial charge is 0.493 e. The topological polar surface area (TPSA) is 103 Å². The van der Waals surface area contributed by atoms with Gasteiger partial charge in [-0.05, 0) is 60.5 Å². The van der Waals surface area contributed by atoms with Crippen LogP contribution in [0.25, 0.3) is 11.6 Å². The molecule has 7 nitrogen and oxygen atoms in total. The summed E-state index contributed by atoms with van der Waals surface area (Å²) < 4.78 is 29.8. The summed E-state index contributed by atoms with van der Waals surface area (Å²) in [5.41, 5.74) is 7.07. The van der Waals surface area contributed by atoms with Gasteiger partial charge in [-0.1, -0.05) is 36.4 Å². The number of primary amides is 1. The summed E-state index contributed by atoms with van der Waals surface area (Å²) in [5.74, 6) is 0.788. The Bertz CT molecular complexity index is 1130. The molecule has 0 aromatic heterocycles. The number of halogens is 1. The molecule has 4 N–H and O–H groups in total. The summed E-state index contributed by atoms with van der Waals surface area (Å²) in [6.07, 6.45) is 0.458. The molecule has 0 aliphatic rings. The third-order valence-electron chi connectivity index (χ3n) is 5.07. The molecule has 1 amide bonds. The lowest BCUT2D eigenvalue weighted by Gasteiger charge is -2.20. The number of benzene rings is 3. The van der Waals surface area contributed by atoms with Crippen molar-refractivity contribution in [1.82, 2.24) is 5.32 Å². The van der Waals surface area contributed by atoms with Crippen LogP contribution in [0, 0.1) is 5.82 Å². The van der Waals surface area contributed by atoms with E-state index in [0.29, 0.717) is 28.4 Å². The molecule has 2 unspecified atom stereocenters. The van der Waals surface area contributed by atoms with Gasteiger partial charge in [0.15, 0.2) is 11.5 Å². The van der Waals surface area contributed by atoms with Crippen molar-refractivity contribution in [2.75, 3.05) is 20.3 Å². The number of ether oxygens (including phenoxy) is 3. The molecular weight excluding hydrogens is 451 g/mol. The van der Waals surface area contributed by atoms with Crippen molar-refractivity contribution in [3.63, 3.8) is 0 Å². The summed E-state index contributed by atoms with van der Waals surface area (Å²) >= 11 is 0. The van der Waals surface area contributed by atoms with Crippen LogP contribution in [0.4, 0.5) is 4.39 Å². The SMILES string of the molecule is COc1ccccc1OC(C)NCC(O)COc1ccc(C(=Cc2ccc(F)cc2)C(N)=O)cc1. The minimum absolute atomic E-state index is 0.0574. The average Bonchev–Trinajstić information content (AvgIpc) is 2.86. The predicted octanol–water partition coefficient (Wildman–Crippen LogP) is 3.61. The summed E-state index contributed by atoms with van der Waals surface area (Å²) in [5, 5.41) is 13.4. The zero-order chi connectivity index (χ0) is 25.2. The van der Waals surface area contributed by atoms with E-state index in [1.165, 1.54) is 12.1 Å². The fourth-order valence-electron chi connectivity index (χ4n) is 3.25. The molecule has 0 saturated carbocycles. The fraction of sp³-hybridized carbons (Fsp3) is 0.222. The first kappa shape index (κ1) is 25.7. The predicted molar refractivity (Wildman–Crippen MR) is 132 cm³/mol. The van der Waals surface area contributed by atoms with E-state index >= 15 is 0 Å². The molecule has 3 rings (SSSR count). The first-order valence-corrected chi connectivity index (χ1v) is 11.1. The monoisotopic (exact) mass is 480 g/mol. The van der Waals surface area contributed by atoms with Crippen LogP contribution < -0.4 is 25.3 Å². The number of nitrogens with two attached hydrogens (primary N) is 1. The van der Waals surface area contributed by atoms with Gasteiger partial charge in [0.2, 0.25) is 5.91 Å². The van der Waals surface area contributed by atoms with Crippen molar-refractivity contribution in [3.8, 4) is 17.2 Å². The summed E-state index contributed by atoms with van der Waals surface area (Å²) in [6.45, 7) is 2.14. The third-order valence-corrected chi connectivity index (χ3v) is 5.07. The number of nitrogens with one attached hydrogen (secondary N) is 1. The fourth-order valence-corrected chi connectivity index (χ4v) is 3.25. The van der Waals surface area contributed by atoms with Crippen LogP contribution in [0.3, 0.4) is 0 Å². The molecule has 8 heteroatoms. The standard InChI is InChI=1S/C27H29FN2O5/c1-18(35-26-6-4-3-5-25(26)33-2)30-16-22(31)17-34-23-13-9-20(10-14-23)24(27(29)32)15-19-7-11-21(28)12-8-19/h3-15,18,22,30-31H,16-17H2,1-2H3,(H2,29,32). The second-order valence-corrected chi connectivity index (χ2v) is 7.78. The molecule has 0 spiro atoms. The number of hydrogen-bond acceptors (Lipinski definition) is 6. The molecule has 35 heavy (non-hydrogen) atoms. The number of aliphatic hydroxyl groups excluding tert-OH is 1. The average molecular weight is 481 g/mol. The second kappa shape index (κ2) is 12.5.